The number of benzene rings is 1. The van der Waals surface area contributed by atoms with E-state index in [0.717, 1.165) is 22.7 Å². The monoisotopic (exact) mass is 296 g/mol. The van der Waals surface area contributed by atoms with E-state index >= 15 is 0 Å². The summed E-state index contributed by atoms with van der Waals surface area (Å²) in [6.07, 6.45) is 2.82. The first-order chi connectivity index (χ1) is 10.6. The summed E-state index contributed by atoms with van der Waals surface area (Å²) in [6, 6.07) is 9.71. The minimum absolute atomic E-state index is 0.168. The van der Waals surface area contributed by atoms with Gasteiger partial charge in [-0.1, -0.05) is 24.3 Å². The number of nitrogens with zero attached hydrogens (tertiary/aromatic N) is 4. The minimum Gasteiger partial charge on any atom is -0.378 e. The van der Waals surface area contributed by atoms with Crippen LogP contribution in [-0.2, 0) is 6.54 Å². The molecular formula is C14H12N6O2. The van der Waals surface area contributed by atoms with Gasteiger partial charge in [-0.15, -0.1) is 0 Å². The van der Waals surface area contributed by atoms with Crippen molar-refractivity contribution in [3.63, 3.8) is 0 Å². The summed E-state index contributed by atoms with van der Waals surface area (Å²) < 4.78 is 0. The second-order valence-electron chi connectivity index (χ2n) is 4.57. The largest absolute Gasteiger partial charge is 0.378 e. The molecule has 0 saturated heterocycles. The highest BCUT2D eigenvalue weighted by Gasteiger charge is 2.14. The lowest BCUT2D eigenvalue weighted by molar-refractivity contribution is -0.384. The first-order valence-electron chi connectivity index (χ1n) is 6.48. The first-order valence-corrected chi connectivity index (χ1v) is 6.48. The van der Waals surface area contributed by atoms with Crippen LogP contribution in [0.15, 0.2) is 42.7 Å². The average Bonchev–Trinajstić information content (AvgIpc) is 2.52. The van der Waals surface area contributed by atoms with Crippen molar-refractivity contribution in [1.82, 2.24) is 15.0 Å². The first kappa shape index (κ1) is 13.7. The summed E-state index contributed by atoms with van der Waals surface area (Å²) in [5, 5.41) is 14.7. The van der Waals surface area contributed by atoms with Crippen molar-refractivity contribution in [2.45, 2.75) is 6.54 Å². The molecule has 0 bridgehead atoms. The molecule has 8 heteroatoms. The van der Waals surface area contributed by atoms with Crippen LogP contribution in [-0.4, -0.2) is 19.9 Å². The third-order valence-corrected chi connectivity index (χ3v) is 3.15. The molecule has 1 aromatic carbocycles. The van der Waals surface area contributed by atoms with E-state index in [-0.39, 0.29) is 17.5 Å². The van der Waals surface area contributed by atoms with Gasteiger partial charge >= 0.3 is 5.69 Å². The molecule has 0 aliphatic heterocycles. The van der Waals surface area contributed by atoms with Gasteiger partial charge in [0.25, 0.3) is 0 Å². The van der Waals surface area contributed by atoms with Gasteiger partial charge in [0.2, 0.25) is 11.8 Å². The van der Waals surface area contributed by atoms with Gasteiger partial charge in [0.1, 0.15) is 6.20 Å². The number of rotatable bonds is 4. The molecule has 2 heterocycles. The number of hydrogen-bond acceptors (Lipinski definition) is 7. The number of anilines is 2. The molecule has 0 amide bonds. The Morgan fingerprint density at radius 3 is 2.82 bits per heavy atom. The van der Waals surface area contributed by atoms with Crippen molar-refractivity contribution in [2.75, 3.05) is 11.1 Å². The van der Waals surface area contributed by atoms with Crippen LogP contribution in [0.25, 0.3) is 10.9 Å². The summed E-state index contributed by atoms with van der Waals surface area (Å²) in [7, 11) is 0. The Bertz CT molecular complexity index is 846. The molecule has 0 saturated carbocycles. The van der Waals surface area contributed by atoms with Crippen LogP contribution in [0.4, 0.5) is 17.5 Å². The number of pyridine rings is 1. The van der Waals surface area contributed by atoms with E-state index < -0.39 is 4.92 Å². The molecule has 3 rings (SSSR count). The summed E-state index contributed by atoms with van der Waals surface area (Å²) in [4.78, 5) is 22.2. The zero-order valence-electron chi connectivity index (χ0n) is 11.4. The van der Waals surface area contributed by atoms with Crippen molar-refractivity contribution in [1.29, 1.82) is 0 Å². The second kappa shape index (κ2) is 5.60. The lowest BCUT2D eigenvalue weighted by atomic mass is 10.1. The second-order valence-corrected chi connectivity index (χ2v) is 4.57. The Labute approximate surface area is 125 Å². The van der Waals surface area contributed by atoms with Crippen LogP contribution in [0, 0.1) is 10.1 Å². The molecule has 0 fully saturated rings. The van der Waals surface area contributed by atoms with Crippen LogP contribution in [0.2, 0.25) is 0 Å². The number of nitrogens with two attached hydrogens (primary N) is 1. The van der Waals surface area contributed by atoms with Crippen LogP contribution in [0.3, 0.4) is 0 Å². The highest BCUT2D eigenvalue weighted by molar-refractivity contribution is 5.81. The maximum Gasteiger partial charge on any atom is 0.329 e. The molecule has 22 heavy (non-hydrogen) atoms. The highest BCUT2D eigenvalue weighted by Crippen LogP contribution is 2.20. The lowest BCUT2D eigenvalue weighted by Gasteiger charge is -2.07. The van der Waals surface area contributed by atoms with Gasteiger partial charge < -0.3 is 11.1 Å². The molecule has 3 aromatic rings. The number of aromatic nitrogens is 3. The summed E-state index contributed by atoms with van der Waals surface area (Å²) in [5.41, 5.74) is 7.08. The number of para-hydroxylation sites is 1. The maximum atomic E-state index is 10.7. The zero-order valence-corrected chi connectivity index (χ0v) is 11.4. The van der Waals surface area contributed by atoms with E-state index in [0.29, 0.717) is 6.54 Å². The van der Waals surface area contributed by atoms with Gasteiger partial charge in [-0.2, -0.15) is 4.98 Å². The fourth-order valence-electron chi connectivity index (χ4n) is 2.10. The van der Waals surface area contributed by atoms with Gasteiger partial charge in [0.05, 0.1) is 10.4 Å². The Hall–Kier alpha value is -3.29. The molecular weight excluding hydrogens is 284 g/mol. The van der Waals surface area contributed by atoms with Gasteiger partial charge in [-0.3, -0.25) is 15.1 Å². The zero-order chi connectivity index (χ0) is 15.5. The van der Waals surface area contributed by atoms with Gasteiger partial charge in [-0.05, 0) is 11.6 Å². The maximum absolute atomic E-state index is 10.7. The normalized spacial score (nSPS) is 10.5. The van der Waals surface area contributed by atoms with E-state index in [1.807, 2.05) is 30.3 Å². The SMILES string of the molecule is Nc1nc(NCc2cccc3cccnc23)ncc1[N+](=O)[O-]. The predicted octanol–water partition coefficient (Wildman–Crippen LogP) is 2.13. The third kappa shape index (κ3) is 2.62. The van der Waals surface area contributed by atoms with Crippen LogP contribution in [0.1, 0.15) is 5.56 Å². The van der Waals surface area contributed by atoms with E-state index in [9.17, 15) is 10.1 Å². The number of nitrogens with one attached hydrogen (secondary N) is 1. The van der Waals surface area contributed by atoms with Crippen molar-refractivity contribution < 1.29 is 4.92 Å². The smallest absolute Gasteiger partial charge is 0.329 e. The summed E-state index contributed by atoms with van der Waals surface area (Å²) >= 11 is 0. The number of nitrogen functional groups attached to an aromatic ring is 1. The molecule has 0 aliphatic carbocycles. The summed E-state index contributed by atoms with van der Waals surface area (Å²) in [6.45, 7) is 0.436. The molecule has 8 nitrogen and oxygen atoms in total. The van der Waals surface area contributed by atoms with Crippen LogP contribution < -0.4 is 11.1 Å². The van der Waals surface area contributed by atoms with Gasteiger partial charge in [0.15, 0.2) is 0 Å². The number of hydrogen-bond donors (Lipinski definition) is 2. The number of fused-ring (bicyclic) bond motifs is 1. The number of nitro groups is 1. The van der Waals surface area contributed by atoms with Crippen molar-refractivity contribution in [3.05, 3.63) is 58.4 Å². The molecule has 0 aliphatic rings. The van der Waals surface area contributed by atoms with E-state index in [1.165, 1.54) is 0 Å². The molecule has 3 N–H and O–H groups in total. The third-order valence-electron chi connectivity index (χ3n) is 3.15. The van der Waals surface area contributed by atoms with Gasteiger partial charge in [-0.25, -0.2) is 4.98 Å². The standard InChI is InChI=1S/C14H12N6O2/c15-13-11(20(21)22)8-18-14(19-13)17-7-10-4-1-3-9-5-2-6-16-12(9)10/h1-6,8H,7H2,(H3,15,17,18,19). The van der Waals surface area contributed by atoms with Crippen molar-refractivity contribution in [3.8, 4) is 0 Å². The molecule has 0 atom stereocenters. The molecule has 0 spiro atoms. The van der Waals surface area contributed by atoms with E-state index in [2.05, 4.69) is 20.3 Å². The van der Waals surface area contributed by atoms with Gasteiger partial charge in [0, 0.05) is 18.1 Å². The molecule has 0 radical (unpaired) electrons. The van der Waals surface area contributed by atoms with Crippen LogP contribution in [0.5, 0.6) is 0 Å². The topological polar surface area (TPSA) is 120 Å². The Kier molecular flexibility index (Phi) is 3.48. The fourth-order valence-corrected chi connectivity index (χ4v) is 2.10. The predicted molar refractivity (Wildman–Crippen MR) is 82.2 cm³/mol. The molecule has 110 valence electrons. The van der Waals surface area contributed by atoms with Crippen LogP contribution >= 0.6 is 0 Å². The quantitative estimate of drug-likeness (QED) is 0.558. The Balaban J connectivity index is 1.82. The minimum atomic E-state index is -0.617. The average molecular weight is 296 g/mol. The highest BCUT2D eigenvalue weighted by atomic mass is 16.6. The Morgan fingerprint density at radius 1 is 1.23 bits per heavy atom. The van der Waals surface area contributed by atoms with Crippen molar-refractivity contribution >= 4 is 28.4 Å². The van der Waals surface area contributed by atoms with Crippen molar-refractivity contribution in [2.24, 2.45) is 0 Å². The fraction of sp³-hybridized carbons (Fsp3) is 0.0714. The summed E-state index contributed by atoms with van der Waals surface area (Å²) in [5.74, 6) is 0.0644. The Morgan fingerprint density at radius 2 is 2.05 bits per heavy atom. The van der Waals surface area contributed by atoms with E-state index in [1.54, 1.807) is 6.20 Å². The lowest BCUT2D eigenvalue weighted by Crippen LogP contribution is -2.07. The molecule has 0 unspecified atom stereocenters. The van der Waals surface area contributed by atoms with E-state index in [4.69, 9.17) is 5.73 Å². The molecule has 2 aromatic heterocycles.